The van der Waals surface area contributed by atoms with Crippen LogP contribution in [0.25, 0.3) is 0 Å². The van der Waals surface area contributed by atoms with Crippen LogP contribution >= 0.6 is 0 Å². The van der Waals surface area contributed by atoms with Gasteiger partial charge < -0.3 is 5.32 Å². The Labute approximate surface area is 69.4 Å². The van der Waals surface area contributed by atoms with Crippen LogP contribution < -0.4 is 5.32 Å². The van der Waals surface area contributed by atoms with Gasteiger partial charge in [0, 0.05) is 12.5 Å². The molecule has 1 N–H and O–H groups in total. The fourth-order valence-electron chi connectivity index (χ4n) is 0.721. The lowest BCUT2D eigenvalue weighted by molar-refractivity contribution is -0.127. The summed E-state index contributed by atoms with van der Waals surface area (Å²) in [5.74, 6) is 0.238. The Bertz CT molecular complexity index is 135. The summed E-state index contributed by atoms with van der Waals surface area (Å²) in [4.78, 5) is 11.3. The summed E-state index contributed by atoms with van der Waals surface area (Å²) in [6.45, 7) is 10.9. The van der Waals surface area contributed by atoms with Crippen molar-refractivity contribution in [3.8, 4) is 0 Å². The summed E-state index contributed by atoms with van der Waals surface area (Å²) < 4.78 is 0. The van der Waals surface area contributed by atoms with Crippen LogP contribution in [0.4, 0.5) is 0 Å². The van der Waals surface area contributed by atoms with E-state index in [0.717, 1.165) is 6.54 Å². The van der Waals surface area contributed by atoms with Gasteiger partial charge in [0.15, 0.2) is 0 Å². The molecule has 0 rings (SSSR count). The molecule has 2 heteroatoms. The number of carbonyl (C=O) groups excluding carboxylic acids is 1. The van der Waals surface area contributed by atoms with E-state index in [1.54, 1.807) is 0 Å². The van der Waals surface area contributed by atoms with Crippen molar-refractivity contribution in [1.82, 2.24) is 5.32 Å². The van der Waals surface area contributed by atoms with Crippen LogP contribution in [0.1, 0.15) is 34.6 Å². The van der Waals surface area contributed by atoms with E-state index >= 15 is 0 Å². The molecule has 0 aliphatic carbocycles. The van der Waals surface area contributed by atoms with E-state index in [-0.39, 0.29) is 17.2 Å². The van der Waals surface area contributed by atoms with Crippen molar-refractivity contribution in [3.63, 3.8) is 0 Å². The molecule has 0 unspecified atom stereocenters. The second-order valence-electron chi connectivity index (χ2n) is 3.98. The third-order valence-corrected chi connectivity index (χ3v) is 2.04. The molecule has 0 spiro atoms. The predicted molar refractivity (Wildman–Crippen MR) is 47.3 cm³/mol. The Morgan fingerprint density at radius 3 is 2.18 bits per heavy atom. The molecule has 11 heavy (non-hydrogen) atoms. The molecule has 0 aliphatic rings. The van der Waals surface area contributed by atoms with Gasteiger partial charge in [0.1, 0.15) is 0 Å². The van der Waals surface area contributed by atoms with Gasteiger partial charge in [0.05, 0.1) is 0 Å². The van der Waals surface area contributed by atoms with E-state index in [0.29, 0.717) is 0 Å². The summed E-state index contributed by atoms with van der Waals surface area (Å²) in [6, 6.07) is 0. The minimum Gasteiger partial charge on any atom is -0.356 e. The highest BCUT2D eigenvalue weighted by Gasteiger charge is 2.25. The lowest BCUT2D eigenvalue weighted by Crippen LogP contribution is -2.35. The molecular formula is C9H19NO. The average molecular weight is 157 g/mol. The molecule has 1 atom stereocenters. The zero-order valence-corrected chi connectivity index (χ0v) is 8.19. The van der Waals surface area contributed by atoms with E-state index in [4.69, 9.17) is 0 Å². The average Bonchev–Trinajstić information content (AvgIpc) is 1.85. The van der Waals surface area contributed by atoms with Crippen LogP contribution in [0.3, 0.4) is 0 Å². The third-order valence-electron chi connectivity index (χ3n) is 2.04. The van der Waals surface area contributed by atoms with E-state index in [9.17, 15) is 4.79 Å². The van der Waals surface area contributed by atoms with Gasteiger partial charge in [0.25, 0.3) is 0 Å². The Hall–Kier alpha value is -0.530. The van der Waals surface area contributed by atoms with Crippen molar-refractivity contribution in [1.29, 1.82) is 0 Å². The van der Waals surface area contributed by atoms with Gasteiger partial charge in [-0.15, -0.1) is 0 Å². The quantitative estimate of drug-likeness (QED) is 0.650. The van der Waals surface area contributed by atoms with Crippen molar-refractivity contribution in [3.05, 3.63) is 0 Å². The van der Waals surface area contributed by atoms with Gasteiger partial charge in [-0.2, -0.15) is 0 Å². The zero-order chi connectivity index (χ0) is 9.07. The number of hydrogen-bond donors (Lipinski definition) is 1. The van der Waals surface area contributed by atoms with Crippen molar-refractivity contribution >= 4 is 5.91 Å². The highest BCUT2D eigenvalue weighted by atomic mass is 16.1. The third kappa shape index (κ3) is 3.40. The second-order valence-corrected chi connectivity index (χ2v) is 3.98. The van der Waals surface area contributed by atoms with Crippen LogP contribution in [0.15, 0.2) is 0 Å². The standard InChI is InChI=1S/C9H19NO/c1-6-10-8(11)7(2)9(3,4)5/h7H,6H2,1-5H3,(H,10,11)/t7-/m0/s1. The number of hydrogen-bond acceptors (Lipinski definition) is 1. The number of amides is 1. The highest BCUT2D eigenvalue weighted by molar-refractivity contribution is 5.78. The van der Waals surface area contributed by atoms with E-state index in [1.807, 2.05) is 13.8 Å². The van der Waals surface area contributed by atoms with E-state index in [2.05, 4.69) is 26.1 Å². The Morgan fingerprint density at radius 1 is 1.45 bits per heavy atom. The molecule has 0 radical (unpaired) electrons. The number of carbonyl (C=O) groups is 1. The maximum Gasteiger partial charge on any atom is 0.223 e. The van der Waals surface area contributed by atoms with Crippen LogP contribution in [0, 0.1) is 11.3 Å². The van der Waals surface area contributed by atoms with Crippen LogP contribution in [-0.2, 0) is 4.79 Å². The normalized spacial score (nSPS) is 14.3. The fourth-order valence-corrected chi connectivity index (χ4v) is 0.721. The van der Waals surface area contributed by atoms with E-state index < -0.39 is 0 Å². The maximum atomic E-state index is 11.3. The fraction of sp³-hybridized carbons (Fsp3) is 0.889. The van der Waals surface area contributed by atoms with Crippen LogP contribution in [0.2, 0.25) is 0 Å². The molecule has 0 bridgehead atoms. The molecule has 0 fully saturated rings. The first kappa shape index (κ1) is 10.5. The second kappa shape index (κ2) is 3.74. The molecule has 0 heterocycles. The lowest BCUT2D eigenvalue weighted by Gasteiger charge is -2.25. The van der Waals surface area contributed by atoms with Gasteiger partial charge in [-0.3, -0.25) is 4.79 Å². The number of rotatable bonds is 2. The minimum absolute atomic E-state index is 0.0687. The maximum absolute atomic E-state index is 11.3. The summed E-state index contributed by atoms with van der Waals surface area (Å²) in [7, 11) is 0. The Balaban J connectivity index is 4.03. The summed E-state index contributed by atoms with van der Waals surface area (Å²) >= 11 is 0. The molecule has 1 amide bonds. The first-order valence-corrected chi connectivity index (χ1v) is 4.17. The van der Waals surface area contributed by atoms with Gasteiger partial charge >= 0.3 is 0 Å². The Kier molecular flexibility index (Phi) is 3.56. The summed E-state index contributed by atoms with van der Waals surface area (Å²) in [5.41, 5.74) is 0.0687. The van der Waals surface area contributed by atoms with Crippen molar-refractivity contribution in [2.24, 2.45) is 11.3 Å². The van der Waals surface area contributed by atoms with Gasteiger partial charge in [0.2, 0.25) is 5.91 Å². The lowest BCUT2D eigenvalue weighted by atomic mass is 9.81. The molecule has 0 aromatic carbocycles. The molecule has 0 aromatic heterocycles. The molecule has 0 saturated carbocycles. The van der Waals surface area contributed by atoms with Gasteiger partial charge in [-0.05, 0) is 12.3 Å². The molecule has 0 aliphatic heterocycles. The van der Waals surface area contributed by atoms with E-state index in [1.165, 1.54) is 0 Å². The minimum atomic E-state index is 0.0687. The zero-order valence-electron chi connectivity index (χ0n) is 8.19. The molecular weight excluding hydrogens is 138 g/mol. The summed E-state index contributed by atoms with van der Waals surface area (Å²) in [5, 5.41) is 2.81. The van der Waals surface area contributed by atoms with Crippen LogP contribution in [-0.4, -0.2) is 12.5 Å². The van der Waals surface area contributed by atoms with Gasteiger partial charge in [-0.25, -0.2) is 0 Å². The molecule has 2 nitrogen and oxygen atoms in total. The van der Waals surface area contributed by atoms with Gasteiger partial charge in [-0.1, -0.05) is 27.7 Å². The monoisotopic (exact) mass is 157 g/mol. The molecule has 66 valence electrons. The van der Waals surface area contributed by atoms with Crippen molar-refractivity contribution < 1.29 is 4.79 Å². The largest absolute Gasteiger partial charge is 0.356 e. The first-order valence-electron chi connectivity index (χ1n) is 4.17. The summed E-state index contributed by atoms with van der Waals surface area (Å²) in [6.07, 6.45) is 0. The molecule has 0 aromatic rings. The topological polar surface area (TPSA) is 29.1 Å². The van der Waals surface area contributed by atoms with Crippen molar-refractivity contribution in [2.75, 3.05) is 6.54 Å². The molecule has 0 saturated heterocycles. The van der Waals surface area contributed by atoms with Crippen molar-refractivity contribution in [2.45, 2.75) is 34.6 Å². The highest BCUT2D eigenvalue weighted by Crippen LogP contribution is 2.24. The predicted octanol–water partition coefficient (Wildman–Crippen LogP) is 1.80. The first-order chi connectivity index (χ1) is 4.89. The smallest absolute Gasteiger partial charge is 0.223 e. The SMILES string of the molecule is CCNC(=O)[C@H](C)C(C)(C)C. The number of nitrogens with one attached hydrogen (secondary N) is 1. The van der Waals surface area contributed by atoms with Crippen LogP contribution in [0.5, 0.6) is 0 Å². The Morgan fingerprint density at radius 2 is 1.91 bits per heavy atom.